The molecule has 0 bridgehead atoms. The Morgan fingerprint density at radius 3 is 2.15 bits per heavy atom. The molecule has 26 heavy (non-hydrogen) atoms. The summed E-state index contributed by atoms with van der Waals surface area (Å²) in [5, 5.41) is 3.75. The molecule has 1 N–H and O–H groups in total. The molecule has 138 valence electrons. The molecule has 0 radical (unpaired) electrons. The number of urea groups is 1. The maximum absolute atomic E-state index is 12.5. The lowest BCUT2D eigenvalue weighted by atomic mass is 9.87. The molecule has 4 nitrogen and oxygen atoms in total. The van der Waals surface area contributed by atoms with Crippen LogP contribution in [-0.4, -0.2) is 37.1 Å². The highest BCUT2D eigenvalue weighted by Crippen LogP contribution is 2.26. The zero-order chi connectivity index (χ0) is 18.7. The molecule has 0 unspecified atom stereocenters. The van der Waals surface area contributed by atoms with Crippen molar-refractivity contribution in [2.75, 3.05) is 36.4 Å². The highest BCUT2D eigenvalue weighted by molar-refractivity contribution is 6.33. The van der Waals surface area contributed by atoms with E-state index in [-0.39, 0.29) is 11.4 Å². The molecule has 1 aliphatic heterocycles. The van der Waals surface area contributed by atoms with Gasteiger partial charge in [-0.3, -0.25) is 0 Å². The Morgan fingerprint density at radius 1 is 0.962 bits per heavy atom. The third-order valence-corrected chi connectivity index (χ3v) is 5.08. The van der Waals surface area contributed by atoms with Crippen molar-refractivity contribution in [2.24, 2.45) is 0 Å². The molecule has 0 aromatic heterocycles. The fraction of sp³-hybridized carbons (Fsp3) is 0.381. The predicted octanol–water partition coefficient (Wildman–Crippen LogP) is 4.99. The number of carbonyl (C=O) groups excluding carboxylic acids is 1. The maximum atomic E-state index is 12.5. The number of hydrogen-bond acceptors (Lipinski definition) is 2. The number of hydrogen-bond donors (Lipinski definition) is 1. The minimum atomic E-state index is -0.0488. The van der Waals surface area contributed by atoms with Gasteiger partial charge in [-0.05, 0) is 35.2 Å². The van der Waals surface area contributed by atoms with Gasteiger partial charge in [0, 0.05) is 31.9 Å². The molecule has 1 aliphatic rings. The van der Waals surface area contributed by atoms with Crippen LogP contribution in [0.1, 0.15) is 26.3 Å². The molecule has 0 spiro atoms. The minimum Gasteiger partial charge on any atom is -0.367 e. The first-order valence-corrected chi connectivity index (χ1v) is 9.38. The van der Waals surface area contributed by atoms with Crippen LogP contribution in [-0.2, 0) is 5.41 Å². The number of benzene rings is 2. The maximum Gasteiger partial charge on any atom is 0.321 e. The van der Waals surface area contributed by atoms with E-state index in [1.807, 2.05) is 41.3 Å². The van der Waals surface area contributed by atoms with Gasteiger partial charge in [-0.15, -0.1) is 0 Å². The molecule has 1 fully saturated rings. The normalized spacial score (nSPS) is 15.1. The Labute approximate surface area is 160 Å². The third kappa shape index (κ3) is 4.31. The Kier molecular flexibility index (Phi) is 5.42. The van der Waals surface area contributed by atoms with E-state index in [9.17, 15) is 4.79 Å². The molecule has 0 saturated carbocycles. The van der Waals surface area contributed by atoms with Crippen molar-refractivity contribution < 1.29 is 4.79 Å². The SMILES string of the molecule is CC(C)(C)c1ccc(NC(=O)N2CCN(c3ccccc3Cl)CC2)cc1. The molecular formula is C21H26ClN3O. The van der Waals surface area contributed by atoms with Crippen LogP contribution in [0.5, 0.6) is 0 Å². The number of nitrogens with one attached hydrogen (secondary N) is 1. The van der Waals surface area contributed by atoms with Gasteiger partial charge in [0.1, 0.15) is 0 Å². The number of halogens is 1. The van der Waals surface area contributed by atoms with Gasteiger partial charge >= 0.3 is 6.03 Å². The second-order valence-corrected chi connectivity index (χ2v) is 8.09. The van der Waals surface area contributed by atoms with E-state index in [2.05, 4.69) is 43.1 Å². The second kappa shape index (κ2) is 7.58. The van der Waals surface area contributed by atoms with Crippen molar-refractivity contribution in [3.63, 3.8) is 0 Å². The molecule has 2 amide bonds. The van der Waals surface area contributed by atoms with Gasteiger partial charge in [0.15, 0.2) is 0 Å². The van der Waals surface area contributed by atoms with Gasteiger partial charge in [0.05, 0.1) is 10.7 Å². The first-order valence-electron chi connectivity index (χ1n) is 9.00. The summed E-state index contributed by atoms with van der Waals surface area (Å²) in [6.07, 6.45) is 0. The van der Waals surface area contributed by atoms with Crippen molar-refractivity contribution in [1.29, 1.82) is 0 Å². The highest BCUT2D eigenvalue weighted by Gasteiger charge is 2.22. The minimum absolute atomic E-state index is 0.0488. The van der Waals surface area contributed by atoms with E-state index in [1.54, 1.807) is 0 Å². The van der Waals surface area contributed by atoms with Gasteiger partial charge in [0.25, 0.3) is 0 Å². The number of anilines is 2. The highest BCUT2D eigenvalue weighted by atomic mass is 35.5. The predicted molar refractivity (Wildman–Crippen MR) is 109 cm³/mol. The van der Waals surface area contributed by atoms with Crippen molar-refractivity contribution in [2.45, 2.75) is 26.2 Å². The zero-order valence-electron chi connectivity index (χ0n) is 15.6. The van der Waals surface area contributed by atoms with Crippen LogP contribution in [0.4, 0.5) is 16.2 Å². The zero-order valence-corrected chi connectivity index (χ0v) is 16.4. The quantitative estimate of drug-likeness (QED) is 0.807. The fourth-order valence-corrected chi connectivity index (χ4v) is 3.37. The number of nitrogens with zero attached hydrogens (tertiary/aromatic N) is 2. The van der Waals surface area contributed by atoms with E-state index in [1.165, 1.54) is 5.56 Å². The van der Waals surface area contributed by atoms with Crippen LogP contribution in [0.3, 0.4) is 0 Å². The summed E-state index contributed by atoms with van der Waals surface area (Å²) in [7, 11) is 0. The molecule has 0 atom stereocenters. The lowest BCUT2D eigenvalue weighted by Gasteiger charge is -2.36. The first-order chi connectivity index (χ1) is 12.3. The van der Waals surface area contributed by atoms with Crippen molar-refractivity contribution in [3.8, 4) is 0 Å². The Balaban J connectivity index is 1.56. The third-order valence-electron chi connectivity index (χ3n) is 4.76. The standard InChI is InChI=1S/C21H26ClN3O/c1-21(2,3)16-8-10-17(11-9-16)23-20(26)25-14-12-24(13-15-25)19-7-5-4-6-18(19)22/h4-11H,12-15H2,1-3H3,(H,23,26). The van der Waals surface area contributed by atoms with E-state index in [0.717, 1.165) is 29.5 Å². The van der Waals surface area contributed by atoms with E-state index < -0.39 is 0 Å². The van der Waals surface area contributed by atoms with Gasteiger partial charge < -0.3 is 15.1 Å². The average Bonchev–Trinajstić information content (AvgIpc) is 2.62. The van der Waals surface area contributed by atoms with Gasteiger partial charge in [-0.1, -0.05) is 56.6 Å². The van der Waals surface area contributed by atoms with Crippen molar-refractivity contribution >= 4 is 29.0 Å². The monoisotopic (exact) mass is 371 g/mol. The van der Waals surface area contributed by atoms with Crippen LogP contribution >= 0.6 is 11.6 Å². The number of rotatable bonds is 2. The summed E-state index contributed by atoms with van der Waals surface area (Å²) in [6.45, 7) is 9.45. The van der Waals surface area contributed by atoms with Crippen molar-refractivity contribution in [1.82, 2.24) is 4.90 Å². The lowest BCUT2D eigenvalue weighted by Crippen LogP contribution is -2.50. The van der Waals surface area contributed by atoms with E-state index in [0.29, 0.717) is 13.1 Å². The van der Waals surface area contributed by atoms with Gasteiger partial charge in [-0.2, -0.15) is 0 Å². The summed E-state index contributed by atoms with van der Waals surface area (Å²) in [4.78, 5) is 16.6. The smallest absolute Gasteiger partial charge is 0.321 e. The second-order valence-electron chi connectivity index (χ2n) is 7.68. The summed E-state index contributed by atoms with van der Waals surface area (Å²) in [5.41, 5.74) is 3.23. The summed E-state index contributed by atoms with van der Waals surface area (Å²) < 4.78 is 0. The first kappa shape index (κ1) is 18.6. The van der Waals surface area contributed by atoms with Crippen LogP contribution in [0.2, 0.25) is 5.02 Å². The summed E-state index contributed by atoms with van der Waals surface area (Å²) in [6, 6.07) is 15.9. The molecule has 0 aliphatic carbocycles. The largest absolute Gasteiger partial charge is 0.367 e. The van der Waals surface area contributed by atoms with Gasteiger partial charge in [0.2, 0.25) is 0 Å². The molecule has 2 aromatic carbocycles. The number of carbonyl (C=O) groups is 1. The van der Waals surface area contributed by atoms with E-state index in [4.69, 9.17) is 11.6 Å². The van der Waals surface area contributed by atoms with Gasteiger partial charge in [-0.25, -0.2) is 4.79 Å². The van der Waals surface area contributed by atoms with Crippen LogP contribution < -0.4 is 10.2 Å². The molecule has 5 heteroatoms. The molecule has 1 heterocycles. The lowest BCUT2D eigenvalue weighted by molar-refractivity contribution is 0.208. The topological polar surface area (TPSA) is 35.6 Å². The van der Waals surface area contributed by atoms with Crippen LogP contribution in [0.25, 0.3) is 0 Å². The molecular weight excluding hydrogens is 346 g/mol. The number of para-hydroxylation sites is 1. The fourth-order valence-electron chi connectivity index (χ4n) is 3.11. The van der Waals surface area contributed by atoms with Crippen LogP contribution in [0, 0.1) is 0 Å². The van der Waals surface area contributed by atoms with Crippen LogP contribution in [0.15, 0.2) is 48.5 Å². The van der Waals surface area contributed by atoms with E-state index >= 15 is 0 Å². The summed E-state index contributed by atoms with van der Waals surface area (Å²) in [5.74, 6) is 0. The Hall–Kier alpha value is -2.20. The number of piperazine rings is 1. The molecule has 3 rings (SSSR count). The molecule has 2 aromatic rings. The van der Waals surface area contributed by atoms with Crippen molar-refractivity contribution in [3.05, 3.63) is 59.1 Å². The Bertz CT molecular complexity index is 760. The summed E-state index contributed by atoms with van der Waals surface area (Å²) >= 11 is 6.27. The molecule has 1 saturated heterocycles. The average molecular weight is 372 g/mol. The number of amides is 2. The Morgan fingerprint density at radius 2 is 1.58 bits per heavy atom.